The smallest absolute Gasteiger partial charge is 0.305 e. The molecule has 0 aromatic carbocycles. The minimum atomic E-state index is -0.785. The monoisotopic (exact) mass is 285 g/mol. The lowest BCUT2D eigenvalue weighted by Gasteiger charge is -2.42. The van der Waals surface area contributed by atoms with Crippen LogP contribution in [0.25, 0.3) is 0 Å². The Balaban J connectivity index is 1.69. The highest BCUT2D eigenvalue weighted by Gasteiger charge is 2.31. The van der Waals surface area contributed by atoms with E-state index in [0.717, 1.165) is 38.8 Å². The summed E-state index contributed by atoms with van der Waals surface area (Å²) in [6, 6.07) is 0.633. The molecule has 2 aliphatic heterocycles. The van der Waals surface area contributed by atoms with E-state index in [1.165, 1.54) is 0 Å². The number of carbonyl (C=O) groups is 1. The lowest BCUT2D eigenvalue weighted by atomic mass is 9.95. The predicted molar refractivity (Wildman–Crippen MR) is 75.8 cm³/mol. The lowest BCUT2D eigenvalue weighted by Crippen LogP contribution is -2.48. The van der Waals surface area contributed by atoms with Gasteiger partial charge in [-0.25, -0.2) is 0 Å². The average Bonchev–Trinajstić information content (AvgIpc) is 2.38. The first-order valence-corrected chi connectivity index (χ1v) is 7.77. The first kappa shape index (κ1) is 15.7. The van der Waals surface area contributed by atoms with Crippen molar-refractivity contribution >= 4 is 5.97 Å². The van der Waals surface area contributed by atoms with Crippen LogP contribution in [0.1, 0.15) is 46.0 Å². The molecule has 20 heavy (non-hydrogen) atoms. The third kappa shape index (κ3) is 4.72. The fraction of sp³-hybridized carbons (Fsp3) is 0.933. The number of nitrogens with zero attached hydrogens (tertiary/aromatic N) is 1. The van der Waals surface area contributed by atoms with Gasteiger partial charge < -0.3 is 14.6 Å². The van der Waals surface area contributed by atoms with Crippen molar-refractivity contribution < 1.29 is 19.4 Å². The molecule has 2 saturated heterocycles. The van der Waals surface area contributed by atoms with Gasteiger partial charge in [-0.05, 0) is 39.5 Å². The SMILES string of the molecule is CC1CC(N2CCC(OCCC(=O)O)CC2)CC(C)O1. The van der Waals surface area contributed by atoms with Gasteiger partial charge in [-0.3, -0.25) is 9.69 Å². The van der Waals surface area contributed by atoms with Gasteiger partial charge >= 0.3 is 5.97 Å². The number of hydrogen-bond acceptors (Lipinski definition) is 4. The Bertz CT molecular complexity index is 305. The van der Waals surface area contributed by atoms with Crippen LogP contribution >= 0.6 is 0 Å². The Morgan fingerprint density at radius 1 is 1.25 bits per heavy atom. The highest BCUT2D eigenvalue weighted by Crippen LogP contribution is 2.26. The fourth-order valence-electron chi connectivity index (χ4n) is 3.39. The molecule has 1 N–H and O–H groups in total. The Kier molecular flexibility index (Phi) is 5.81. The molecule has 2 aliphatic rings. The summed E-state index contributed by atoms with van der Waals surface area (Å²) < 4.78 is 11.4. The van der Waals surface area contributed by atoms with Crippen molar-refractivity contribution in [1.82, 2.24) is 4.90 Å². The number of hydrogen-bond donors (Lipinski definition) is 1. The number of aliphatic carboxylic acids is 1. The summed E-state index contributed by atoms with van der Waals surface area (Å²) in [6.07, 6.45) is 5.32. The molecule has 116 valence electrons. The number of carboxylic acids is 1. The molecule has 2 atom stereocenters. The van der Waals surface area contributed by atoms with Crippen LogP contribution in [-0.2, 0) is 14.3 Å². The second-order valence-electron chi connectivity index (χ2n) is 6.13. The molecule has 0 radical (unpaired) electrons. The minimum Gasteiger partial charge on any atom is -0.481 e. The molecule has 2 heterocycles. The van der Waals surface area contributed by atoms with Gasteiger partial charge in [0.1, 0.15) is 0 Å². The van der Waals surface area contributed by atoms with Gasteiger partial charge in [0, 0.05) is 19.1 Å². The minimum absolute atomic E-state index is 0.106. The molecule has 0 aromatic rings. The van der Waals surface area contributed by atoms with Crippen LogP contribution in [0.5, 0.6) is 0 Å². The summed E-state index contributed by atoms with van der Waals surface area (Å²) >= 11 is 0. The highest BCUT2D eigenvalue weighted by atomic mass is 16.5. The Hall–Kier alpha value is -0.650. The number of carboxylic acid groups (broad SMARTS) is 1. The molecule has 2 fully saturated rings. The van der Waals surface area contributed by atoms with Gasteiger partial charge in [-0.2, -0.15) is 0 Å². The third-order valence-electron chi connectivity index (χ3n) is 4.34. The maximum absolute atomic E-state index is 10.5. The standard InChI is InChI=1S/C15H27NO4/c1-11-9-13(10-12(2)20-11)16-6-3-14(4-7-16)19-8-5-15(17)18/h11-14H,3-10H2,1-2H3,(H,17,18). The van der Waals surface area contributed by atoms with Crippen LogP contribution < -0.4 is 0 Å². The van der Waals surface area contributed by atoms with Crippen molar-refractivity contribution in [3.63, 3.8) is 0 Å². The van der Waals surface area contributed by atoms with Crippen molar-refractivity contribution in [1.29, 1.82) is 0 Å². The summed E-state index contributed by atoms with van der Waals surface area (Å²) in [5, 5.41) is 8.60. The topological polar surface area (TPSA) is 59.0 Å². The summed E-state index contributed by atoms with van der Waals surface area (Å²) in [5.41, 5.74) is 0. The van der Waals surface area contributed by atoms with E-state index < -0.39 is 5.97 Å². The third-order valence-corrected chi connectivity index (χ3v) is 4.34. The molecule has 2 unspecified atom stereocenters. The van der Waals surface area contributed by atoms with Crippen molar-refractivity contribution in [2.75, 3.05) is 19.7 Å². The van der Waals surface area contributed by atoms with Crippen LogP contribution in [0.15, 0.2) is 0 Å². The van der Waals surface area contributed by atoms with Gasteiger partial charge in [-0.1, -0.05) is 0 Å². The summed E-state index contributed by atoms with van der Waals surface area (Å²) in [5.74, 6) is -0.785. The van der Waals surface area contributed by atoms with Crippen LogP contribution in [0.2, 0.25) is 0 Å². The number of rotatable bonds is 5. The van der Waals surface area contributed by atoms with Gasteiger partial charge in [-0.15, -0.1) is 0 Å². The largest absolute Gasteiger partial charge is 0.481 e. The van der Waals surface area contributed by atoms with E-state index in [1.807, 2.05) is 0 Å². The van der Waals surface area contributed by atoms with Crippen molar-refractivity contribution in [3.05, 3.63) is 0 Å². The normalized spacial score (nSPS) is 33.2. The van der Waals surface area contributed by atoms with Gasteiger partial charge in [0.2, 0.25) is 0 Å². The molecule has 0 bridgehead atoms. The lowest BCUT2D eigenvalue weighted by molar-refractivity contribution is -0.139. The zero-order valence-electron chi connectivity index (χ0n) is 12.6. The van der Waals surface area contributed by atoms with Crippen molar-refractivity contribution in [2.24, 2.45) is 0 Å². The maximum Gasteiger partial charge on any atom is 0.305 e. The molecule has 0 aromatic heterocycles. The summed E-state index contributed by atoms with van der Waals surface area (Å²) in [7, 11) is 0. The highest BCUT2D eigenvalue weighted by molar-refractivity contribution is 5.66. The maximum atomic E-state index is 10.5. The Morgan fingerprint density at radius 3 is 2.40 bits per heavy atom. The molecule has 5 nitrogen and oxygen atoms in total. The second kappa shape index (κ2) is 7.38. The van der Waals surface area contributed by atoms with Crippen LogP contribution in [0.4, 0.5) is 0 Å². The number of ether oxygens (including phenoxy) is 2. The molecular formula is C15H27NO4. The van der Waals surface area contributed by atoms with E-state index in [9.17, 15) is 4.79 Å². The number of piperidine rings is 1. The molecular weight excluding hydrogens is 258 g/mol. The van der Waals surface area contributed by atoms with Crippen LogP contribution in [0, 0.1) is 0 Å². The molecule has 0 spiro atoms. The van der Waals surface area contributed by atoms with E-state index in [4.69, 9.17) is 14.6 Å². The van der Waals surface area contributed by atoms with Gasteiger partial charge in [0.15, 0.2) is 0 Å². The zero-order valence-corrected chi connectivity index (χ0v) is 12.6. The number of likely N-dealkylation sites (tertiary alicyclic amines) is 1. The van der Waals surface area contributed by atoms with Crippen molar-refractivity contribution in [2.45, 2.75) is 70.3 Å². The van der Waals surface area contributed by atoms with E-state index in [0.29, 0.717) is 24.9 Å². The Labute approximate surface area is 121 Å². The van der Waals surface area contributed by atoms with E-state index in [1.54, 1.807) is 0 Å². The van der Waals surface area contributed by atoms with E-state index in [2.05, 4.69) is 18.7 Å². The van der Waals surface area contributed by atoms with Crippen LogP contribution in [0.3, 0.4) is 0 Å². The first-order chi connectivity index (χ1) is 9.54. The second-order valence-corrected chi connectivity index (χ2v) is 6.13. The predicted octanol–water partition coefficient (Wildman–Crippen LogP) is 1.90. The summed E-state index contributed by atoms with van der Waals surface area (Å²) in [4.78, 5) is 13.0. The Morgan fingerprint density at radius 2 is 1.85 bits per heavy atom. The first-order valence-electron chi connectivity index (χ1n) is 7.77. The van der Waals surface area contributed by atoms with Gasteiger partial charge in [0.25, 0.3) is 0 Å². The van der Waals surface area contributed by atoms with Crippen LogP contribution in [-0.4, -0.2) is 60.0 Å². The van der Waals surface area contributed by atoms with E-state index >= 15 is 0 Å². The molecule has 5 heteroatoms. The molecule has 2 rings (SSSR count). The van der Waals surface area contributed by atoms with Crippen molar-refractivity contribution in [3.8, 4) is 0 Å². The average molecular weight is 285 g/mol. The van der Waals surface area contributed by atoms with Gasteiger partial charge in [0.05, 0.1) is 31.3 Å². The molecule has 0 amide bonds. The van der Waals surface area contributed by atoms with E-state index in [-0.39, 0.29) is 12.5 Å². The quantitative estimate of drug-likeness (QED) is 0.836. The fourth-order valence-corrected chi connectivity index (χ4v) is 3.39. The summed E-state index contributed by atoms with van der Waals surface area (Å²) in [6.45, 7) is 6.77. The molecule has 0 saturated carbocycles. The zero-order chi connectivity index (χ0) is 14.5. The molecule has 0 aliphatic carbocycles.